The van der Waals surface area contributed by atoms with Crippen molar-refractivity contribution in [1.82, 2.24) is 10.2 Å². The number of carbonyl (C=O) groups excluding carboxylic acids is 1. The highest BCUT2D eigenvalue weighted by atomic mass is 32.2. The van der Waals surface area contributed by atoms with Crippen molar-refractivity contribution in [2.24, 2.45) is 0 Å². The van der Waals surface area contributed by atoms with Gasteiger partial charge in [0.25, 0.3) is 21.8 Å². The first-order valence-corrected chi connectivity index (χ1v) is 12.5. The predicted octanol–water partition coefficient (Wildman–Crippen LogP) is 4.82. The minimum Gasteiger partial charge on any atom is -0.403 e. The molecule has 0 unspecified atom stereocenters. The Morgan fingerprint density at radius 3 is 2.39 bits per heavy atom. The third-order valence-electron chi connectivity index (χ3n) is 4.73. The van der Waals surface area contributed by atoms with Crippen LogP contribution in [-0.4, -0.2) is 30.8 Å². The summed E-state index contributed by atoms with van der Waals surface area (Å²) in [7, 11) is -3.88. The summed E-state index contributed by atoms with van der Waals surface area (Å²) in [5.74, 6) is -0.325. The molecule has 0 aliphatic heterocycles. The lowest BCUT2D eigenvalue weighted by atomic mass is 10.2. The van der Waals surface area contributed by atoms with Gasteiger partial charge in [0.05, 0.1) is 21.7 Å². The van der Waals surface area contributed by atoms with Crippen LogP contribution in [0.4, 0.5) is 11.7 Å². The molecule has 0 aliphatic carbocycles. The highest BCUT2D eigenvalue weighted by Gasteiger charge is 2.20. The van der Waals surface area contributed by atoms with Crippen molar-refractivity contribution < 1.29 is 17.6 Å². The number of hydrogen-bond donors (Lipinski definition) is 2. The molecule has 0 atom stereocenters. The van der Waals surface area contributed by atoms with Crippen LogP contribution in [0.2, 0.25) is 0 Å². The van der Waals surface area contributed by atoms with Gasteiger partial charge in [0.15, 0.2) is 0 Å². The van der Waals surface area contributed by atoms with E-state index in [0.717, 1.165) is 16.0 Å². The van der Waals surface area contributed by atoms with Crippen molar-refractivity contribution in [3.63, 3.8) is 0 Å². The molecule has 3 aromatic carbocycles. The first-order chi connectivity index (χ1) is 15.9. The standard InChI is InChI=1S/C23H20N4O4S2/c1-15-11-13-16(14-12-15)33(29,30)27-19-9-5-3-7-17(19)21(28)24-23-26-25-22(31-23)18-8-4-6-10-20(18)32-2/h3-14,27H,1-2H3,(H,24,26,28). The molecular formula is C23H20N4O4S2. The fraction of sp³-hybridized carbons (Fsp3) is 0.0870. The molecule has 4 rings (SSSR count). The molecule has 0 spiro atoms. The molecule has 168 valence electrons. The minimum atomic E-state index is -3.88. The van der Waals surface area contributed by atoms with E-state index in [-0.39, 0.29) is 28.1 Å². The second-order valence-corrected chi connectivity index (χ2v) is 9.56. The number of thioether (sulfide) groups is 1. The van der Waals surface area contributed by atoms with Crippen LogP contribution < -0.4 is 10.0 Å². The van der Waals surface area contributed by atoms with E-state index in [1.807, 2.05) is 37.4 Å². The Morgan fingerprint density at radius 1 is 0.939 bits per heavy atom. The molecule has 1 aromatic heterocycles. The Bertz CT molecular complexity index is 1400. The number of carbonyl (C=O) groups is 1. The van der Waals surface area contributed by atoms with Gasteiger partial charge in [0, 0.05) is 4.90 Å². The second kappa shape index (κ2) is 9.47. The summed E-state index contributed by atoms with van der Waals surface area (Å²) in [5.41, 5.74) is 1.93. The number of rotatable bonds is 7. The summed E-state index contributed by atoms with van der Waals surface area (Å²) < 4.78 is 33.7. The second-order valence-electron chi connectivity index (χ2n) is 7.03. The largest absolute Gasteiger partial charge is 0.403 e. The zero-order valence-electron chi connectivity index (χ0n) is 17.8. The van der Waals surface area contributed by atoms with Gasteiger partial charge in [0.1, 0.15) is 0 Å². The van der Waals surface area contributed by atoms with E-state index in [1.165, 1.54) is 36.0 Å². The molecule has 0 fully saturated rings. The Kier molecular flexibility index (Phi) is 6.47. The Balaban J connectivity index is 1.56. The number of aryl methyl sites for hydroxylation is 1. The van der Waals surface area contributed by atoms with Crippen LogP contribution in [0.25, 0.3) is 11.5 Å². The number of nitrogens with one attached hydrogen (secondary N) is 2. The normalized spacial score (nSPS) is 11.2. The molecule has 0 bridgehead atoms. The fourth-order valence-electron chi connectivity index (χ4n) is 3.06. The highest BCUT2D eigenvalue weighted by Crippen LogP contribution is 2.30. The van der Waals surface area contributed by atoms with Gasteiger partial charge < -0.3 is 4.42 Å². The molecule has 4 aromatic rings. The third-order valence-corrected chi connectivity index (χ3v) is 6.91. The maximum atomic E-state index is 12.9. The van der Waals surface area contributed by atoms with E-state index in [4.69, 9.17) is 4.42 Å². The smallest absolute Gasteiger partial charge is 0.322 e. The highest BCUT2D eigenvalue weighted by molar-refractivity contribution is 7.98. The number of anilines is 2. The van der Waals surface area contributed by atoms with E-state index >= 15 is 0 Å². The van der Waals surface area contributed by atoms with Gasteiger partial charge >= 0.3 is 6.01 Å². The Labute approximate surface area is 195 Å². The lowest BCUT2D eigenvalue weighted by Crippen LogP contribution is -2.18. The van der Waals surface area contributed by atoms with Gasteiger partial charge in [-0.2, -0.15) is 0 Å². The number of aromatic nitrogens is 2. The van der Waals surface area contributed by atoms with Crippen molar-refractivity contribution in [2.75, 3.05) is 16.3 Å². The van der Waals surface area contributed by atoms with Crippen LogP contribution >= 0.6 is 11.8 Å². The van der Waals surface area contributed by atoms with E-state index in [9.17, 15) is 13.2 Å². The number of sulfonamides is 1. The molecule has 0 radical (unpaired) electrons. The minimum absolute atomic E-state index is 0.0947. The van der Waals surface area contributed by atoms with Gasteiger partial charge in [-0.25, -0.2) is 8.42 Å². The van der Waals surface area contributed by atoms with Gasteiger partial charge in [-0.15, -0.1) is 16.9 Å². The molecule has 2 N–H and O–H groups in total. The zero-order chi connectivity index (χ0) is 23.4. The van der Waals surface area contributed by atoms with Crippen molar-refractivity contribution >= 4 is 39.4 Å². The summed E-state index contributed by atoms with van der Waals surface area (Å²) in [5, 5.41) is 10.4. The molecule has 1 amide bonds. The summed E-state index contributed by atoms with van der Waals surface area (Å²) in [6.45, 7) is 1.87. The molecule has 8 nitrogen and oxygen atoms in total. The van der Waals surface area contributed by atoms with E-state index in [0.29, 0.717) is 0 Å². The monoisotopic (exact) mass is 480 g/mol. The lowest BCUT2D eigenvalue weighted by Gasteiger charge is -2.12. The maximum Gasteiger partial charge on any atom is 0.322 e. The van der Waals surface area contributed by atoms with Crippen LogP contribution in [-0.2, 0) is 10.0 Å². The molecule has 0 aliphatic rings. The molecule has 0 saturated heterocycles. The van der Waals surface area contributed by atoms with Crippen molar-refractivity contribution in [3.05, 3.63) is 83.9 Å². The summed E-state index contributed by atoms with van der Waals surface area (Å²) in [4.78, 5) is 13.9. The van der Waals surface area contributed by atoms with Gasteiger partial charge in [-0.05, 0) is 49.6 Å². The summed E-state index contributed by atoms with van der Waals surface area (Å²) in [6.07, 6.45) is 1.94. The predicted molar refractivity (Wildman–Crippen MR) is 128 cm³/mol. The van der Waals surface area contributed by atoms with Gasteiger partial charge in [0.2, 0.25) is 0 Å². The molecule has 33 heavy (non-hydrogen) atoms. The van der Waals surface area contributed by atoms with Crippen molar-refractivity contribution in [3.8, 4) is 11.5 Å². The average Bonchev–Trinajstić information content (AvgIpc) is 3.27. The SMILES string of the molecule is CSc1ccccc1-c1nnc(NC(=O)c2ccccc2NS(=O)(=O)c2ccc(C)cc2)o1. The summed E-state index contributed by atoms with van der Waals surface area (Å²) in [6, 6.07) is 20.1. The zero-order valence-corrected chi connectivity index (χ0v) is 19.4. The average molecular weight is 481 g/mol. The molecule has 10 heteroatoms. The fourth-order valence-corrected chi connectivity index (χ4v) is 4.73. The lowest BCUT2D eigenvalue weighted by molar-refractivity contribution is 0.102. The number of amides is 1. The van der Waals surface area contributed by atoms with Crippen LogP contribution in [0.1, 0.15) is 15.9 Å². The van der Waals surface area contributed by atoms with Gasteiger partial charge in [-0.1, -0.05) is 47.1 Å². The number of benzene rings is 3. The van der Waals surface area contributed by atoms with E-state index in [2.05, 4.69) is 20.2 Å². The third kappa shape index (κ3) is 5.07. The first-order valence-electron chi connectivity index (χ1n) is 9.84. The van der Waals surface area contributed by atoms with Crippen LogP contribution in [0.3, 0.4) is 0 Å². The van der Waals surface area contributed by atoms with Crippen molar-refractivity contribution in [2.45, 2.75) is 16.7 Å². The van der Waals surface area contributed by atoms with E-state index in [1.54, 1.807) is 24.3 Å². The molecule has 0 saturated carbocycles. The number of hydrogen-bond acceptors (Lipinski definition) is 7. The van der Waals surface area contributed by atoms with Gasteiger partial charge in [-0.3, -0.25) is 14.8 Å². The topological polar surface area (TPSA) is 114 Å². The molecule has 1 heterocycles. The Hall–Kier alpha value is -3.63. The van der Waals surface area contributed by atoms with Crippen LogP contribution in [0.15, 0.2) is 87.0 Å². The van der Waals surface area contributed by atoms with Crippen LogP contribution in [0.5, 0.6) is 0 Å². The van der Waals surface area contributed by atoms with E-state index < -0.39 is 15.9 Å². The number of para-hydroxylation sites is 1. The van der Waals surface area contributed by atoms with Crippen LogP contribution in [0, 0.1) is 6.92 Å². The maximum absolute atomic E-state index is 12.9. The summed E-state index contributed by atoms with van der Waals surface area (Å²) >= 11 is 1.54. The van der Waals surface area contributed by atoms with Crippen molar-refractivity contribution in [1.29, 1.82) is 0 Å². The quantitative estimate of drug-likeness (QED) is 0.365. The number of nitrogens with zero attached hydrogens (tertiary/aromatic N) is 2. The molecular weight excluding hydrogens is 460 g/mol. The Morgan fingerprint density at radius 2 is 1.64 bits per heavy atom. The first kappa shape index (κ1) is 22.6.